The van der Waals surface area contributed by atoms with E-state index in [0.717, 1.165) is 27.9 Å². The second-order valence-electron chi connectivity index (χ2n) is 11.8. The first-order valence-corrected chi connectivity index (χ1v) is 15.6. The number of hydrogen-bond acceptors (Lipinski definition) is 12. The first kappa shape index (κ1) is 35.2. The molecule has 5 rings (SSSR count). The summed E-state index contributed by atoms with van der Waals surface area (Å²) in [5, 5.41) is 42.9. The highest BCUT2D eigenvalue weighted by Gasteiger charge is 2.31. The highest BCUT2D eigenvalue weighted by molar-refractivity contribution is 5.87. The van der Waals surface area contributed by atoms with Crippen molar-refractivity contribution in [3.8, 4) is 28.3 Å². The molecule has 1 unspecified atom stereocenters. The topological polar surface area (TPSA) is 207 Å². The molecule has 2 N–H and O–H groups in total. The fraction of sp³-hybridized carbons (Fsp3) is 0.294. The number of carboxylic acids is 1. The summed E-state index contributed by atoms with van der Waals surface area (Å²) in [6.07, 6.45) is -0.807. The molecule has 2 aromatic heterocycles. The number of rotatable bonds is 14. The van der Waals surface area contributed by atoms with Gasteiger partial charge in [-0.25, -0.2) is 14.6 Å². The van der Waals surface area contributed by atoms with E-state index in [1.54, 1.807) is 16.7 Å². The number of aromatic carboxylic acids is 1. The number of aryl methyl sites for hydroxylation is 1. The van der Waals surface area contributed by atoms with E-state index in [0.29, 0.717) is 17.8 Å². The maximum Gasteiger partial charge on any atom is 0.515 e. The highest BCUT2D eigenvalue weighted by Crippen LogP contribution is 2.31. The van der Waals surface area contributed by atoms with Crippen LogP contribution < -0.4 is 4.74 Å². The third-order valence-corrected chi connectivity index (χ3v) is 7.59. The van der Waals surface area contributed by atoms with Crippen LogP contribution >= 0.6 is 0 Å². The van der Waals surface area contributed by atoms with Gasteiger partial charge in [0.05, 0.1) is 0 Å². The summed E-state index contributed by atoms with van der Waals surface area (Å²) in [5.41, 5.74) is 2.05. The molecule has 5 aromatic rings. The van der Waals surface area contributed by atoms with Crippen molar-refractivity contribution < 1.29 is 39.2 Å². The minimum Gasteiger partial charge on any atom is -0.477 e. The van der Waals surface area contributed by atoms with Gasteiger partial charge in [0.1, 0.15) is 29.5 Å². The van der Waals surface area contributed by atoms with Crippen molar-refractivity contribution in [1.29, 1.82) is 0 Å². The van der Waals surface area contributed by atoms with E-state index < -0.39 is 35.6 Å². The second kappa shape index (κ2) is 14.9. The Balaban J connectivity index is 1.32. The Labute approximate surface area is 286 Å². The number of imidazole rings is 1. The van der Waals surface area contributed by atoms with Crippen LogP contribution in [0.1, 0.15) is 73.5 Å². The molecular formula is C34H35N7O9. The Morgan fingerprint density at radius 1 is 1.02 bits per heavy atom. The van der Waals surface area contributed by atoms with Crippen molar-refractivity contribution in [2.24, 2.45) is 0 Å². The average Bonchev–Trinajstić information content (AvgIpc) is 3.71. The highest BCUT2D eigenvalue weighted by atomic mass is 16.9. The number of carbonyl (C=O) groups excluding carboxylic acids is 1. The summed E-state index contributed by atoms with van der Waals surface area (Å²) >= 11 is 0. The smallest absolute Gasteiger partial charge is 0.477 e. The van der Waals surface area contributed by atoms with Gasteiger partial charge >= 0.3 is 12.1 Å². The maximum atomic E-state index is 12.5. The lowest BCUT2D eigenvalue weighted by atomic mass is 9.98. The van der Waals surface area contributed by atoms with Crippen molar-refractivity contribution in [1.82, 2.24) is 29.8 Å². The number of nitrogens with zero attached hydrogens (tertiary/aromatic N) is 7. The molecule has 1 atom stereocenters. The number of benzene rings is 3. The Morgan fingerprint density at radius 2 is 1.70 bits per heavy atom. The first-order valence-electron chi connectivity index (χ1n) is 15.6. The number of tetrazole rings is 1. The van der Waals surface area contributed by atoms with Crippen molar-refractivity contribution in [2.45, 2.75) is 65.5 Å². The van der Waals surface area contributed by atoms with Crippen molar-refractivity contribution in [3.05, 3.63) is 111 Å². The lowest BCUT2D eigenvalue weighted by molar-refractivity contribution is -0.763. The normalized spacial score (nSPS) is 11.9. The van der Waals surface area contributed by atoms with E-state index in [1.165, 1.54) is 32.9 Å². The van der Waals surface area contributed by atoms with Crippen LogP contribution in [0.15, 0.2) is 72.8 Å². The standard InChI is InChI=1S/C34H35N7O9/c1-5-10-28-35-30(34(3,4)45)29(32(42)43)39(28)19-22-15-17-23(18-16-22)25-12-7-8-13-26(25)31-36-38-40(37-31)21(2)49-33(44)50-27-14-9-6-11-24(27)20-48-41(46)47/h6-9,11-18,21,45H,5,10,19-20H2,1-4H3,(H,42,43). The molecule has 3 aromatic carbocycles. The monoisotopic (exact) mass is 685 g/mol. The Kier molecular flexibility index (Phi) is 10.5. The Bertz CT molecular complexity index is 2000. The largest absolute Gasteiger partial charge is 0.515 e. The molecule has 0 spiro atoms. The third-order valence-electron chi connectivity index (χ3n) is 7.59. The SMILES string of the molecule is CCCc1nc(C(C)(C)O)c(C(=O)O)n1Cc1ccc(-c2ccccc2-c2nnn(C(C)OC(=O)Oc3ccccc3CO[N+](=O)[O-])n2)cc1. The fourth-order valence-corrected chi connectivity index (χ4v) is 5.26. The molecule has 0 amide bonds. The predicted octanol–water partition coefficient (Wildman–Crippen LogP) is 5.57. The van der Waals surface area contributed by atoms with Gasteiger partial charge in [0.15, 0.2) is 5.69 Å². The quantitative estimate of drug-likeness (QED) is 0.0635. The molecule has 260 valence electrons. The molecule has 2 heterocycles. The van der Waals surface area contributed by atoms with Gasteiger partial charge in [-0.1, -0.05) is 73.7 Å². The fourth-order valence-electron chi connectivity index (χ4n) is 5.26. The molecule has 0 fully saturated rings. The molecule has 0 aliphatic rings. The minimum absolute atomic E-state index is 0.0337. The number of carbonyl (C=O) groups is 2. The molecule has 0 radical (unpaired) electrons. The van der Waals surface area contributed by atoms with Crippen molar-refractivity contribution in [3.63, 3.8) is 0 Å². The van der Waals surface area contributed by atoms with Gasteiger partial charge in [0.2, 0.25) is 12.1 Å². The van der Waals surface area contributed by atoms with E-state index in [1.807, 2.05) is 55.5 Å². The summed E-state index contributed by atoms with van der Waals surface area (Å²) in [6, 6.07) is 21.2. The Morgan fingerprint density at radius 3 is 2.36 bits per heavy atom. The summed E-state index contributed by atoms with van der Waals surface area (Å²) in [6.45, 7) is 6.37. The molecule has 16 heteroatoms. The average molecular weight is 686 g/mol. The number of aliphatic hydroxyl groups is 1. The second-order valence-corrected chi connectivity index (χ2v) is 11.8. The molecule has 0 bridgehead atoms. The molecule has 0 saturated carbocycles. The lowest BCUT2D eigenvalue weighted by Gasteiger charge is -2.16. The van der Waals surface area contributed by atoms with E-state index in [2.05, 4.69) is 25.2 Å². The van der Waals surface area contributed by atoms with Crippen LogP contribution in [0.2, 0.25) is 0 Å². The maximum absolute atomic E-state index is 12.5. The summed E-state index contributed by atoms with van der Waals surface area (Å²) in [4.78, 5) is 45.4. The number of carboxylic acid groups (broad SMARTS) is 1. The molecule has 0 aliphatic carbocycles. The van der Waals surface area contributed by atoms with Gasteiger partial charge < -0.3 is 29.1 Å². The van der Waals surface area contributed by atoms with Crippen LogP contribution in [0.4, 0.5) is 4.79 Å². The third kappa shape index (κ3) is 8.10. The van der Waals surface area contributed by atoms with Crippen LogP contribution in [0.3, 0.4) is 0 Å². The first-order chi connectivity index (χ1) is 23.8. The number of ether oxygens (including phenoxy) is 2. The zero-order valence-corrected chi connectivity index (χ0v) is 27.7. The van der Waals surface area contributed by atoms with E-state index in [9.17, 15) is 29.9 Å². The van der Waals surface area contributed by atoms with Crippen LogP contribution in [0.5, 0.6) is 5.75 Å². The van der Waals surface area contributed by atoms with Crippen LogP contribution in [-0.2, 0) is 34.7 Å². The van der Waals surface area contributed by atoms with E-state index >= 15 is 0 Å². The number of aromatic nitrogens is 6. The summed E-state index contributed by atoms with van der Waals surface area (Å²) in [7, 11) is 0. The molecular weight excluding hydrogens is 650 g/mol. The zero-order valence-electron chi connectivity index (χ0n) is 27.7. The number of hydrogen-bond donors (Lipinski definition) is 2. The summed E-state index contributed by atoms with van der Waals surface area (Å²) < 4.78 is 12.2. The summed E-state index contributed by atoms with van der Waals surface area (Å²) in [5.74, 6) is -0.274. The van der Waals surface area contributed by atoms with Crippen LogP contribution in [0.25, 0.3) is 22.5 Å². The predicted molar refractivity (Wildman–Crippen MR) is 176 cm³/mol. The molecule has 16 nitrogen and oxygen atoms in total. The van der Waals surface area contributed by atoms with Gasteiger partial charge in [-0.15, -0.1) is 25.1 Å². The van der Waals surface area contributed by atoms with Gasteiger partial charge in [-0.2, -0.15) is 0 Å². The van der Waals surface area contributed by atoms with Gasteiger partial charge in [0.25, 0.3) is 5.09 Å². The van der Waals surface area contributed by atoms with Crippen LogP contribution in [0, 0.1) is 10.1 Å². The minimum atomic E-state index is -1.43. The van der Waals surface area contributed by atoms with E-state index in [-0.39, 0.29) is 35.1 Å². The van der Waals surface area contributed by atoms with Crippen molar-refractivity contribution in [2.75, 3.05) is 0 Å². The van der Waals surface area contributed by atoms with Crippen LogP contribution in [-0.4, -0.2) is 57.2 Å². The lowest BCUT2D eigenvalue weighted by Crippen LogP contribution is -2.22. The molecule has 0 aliphatic heterocycles. The Hall–Kier alpha value is -6.16. The van der Waals surface area contributed by atoms with E-state index in [4.69, 9.17) is 9.47 Å². The molecule has 0 saturated heterocycles. The molecule has 50 heavy (non-hydrogen) atoms. The number of para-hydroxylation sites is 1. The van der Waals surface area contributed by atoms with Gasteiger partial charge in [-0.3, -0.25) is 0 Å². The van der Waals surface area contributed by atoms with Gasteiger partial charge in [-0.05, 0) is 55.2 Å². The van der Waals surface area contributed by atoms with Gasteiger partial charge in [0, 0.05) is 24.1 Å². The zero-order chi connectivity index (χ0) is 36.0. The van der Waals surface area contributed by atoms with Crippen molar-refractivity contribution >= 4 is 12.1 Å².